The van der Waals surface area contributed by atoms with Crippen molar-refractivity contribution in [2.24, 2.45) is 0 Å². The fraction of sp³-hybridized carbons (Fsp3) is 0.267. The fourth-order valence-corrected chi connectivity index (χ4v) is 2.48. The van der Waals surface area contributed by atoms with E-state index in [1.165, 1.54) is 0 Å². The molecule has 22 heavy (non-hydrogen) atoms. The highest BCUT2D eigenvalue weighted by Crippen LogP contribution is 2.19. The summed E-state index contributed by atoms with van der Waals surface area (Å²) in [4.78, 5) is 6.70. The highest BCUT2D eigenvalue weighted by atomic mass is 16.5. The Morgan fingerprint density at radius 3 is 2.64 bits per heavy atom. The number of aromatic nitrogens is 5. The number of nitrogens with one attached hydrogen (secondary N) is 1. The number of hydrogen-bond acceptors (Lipinski definition) is 5. The average Bonchev–Trinajstić information content (AvgIpc) is 3.28. The molecule has 0 bridgehead atoms. The van der Waals surface area contributed by atoms with Crippen molar-refractivity contribution in [3.8, 4) is 17.1 Å². The van der Waals surface area contributed by atoms with E-state index in [4.69, 9.17) is 4.74 Å². The molecular weight excluding hydrogens is 280 g/mol. The lowest BCUT2D eigenvalue weighted by molar-refractivity contribution is 0.122. The van der Waals surface area contributed by atoms with E-state index in [0.29, 0.717) is 0 Å². The van der Waals surface area contributed by atoms with Crippen molar-refractivity contribution in [3.05, 3.63) is 42.7 Å². The first-order chi connectivity index (χ1) is 10.9. The Morgan fingerprint density at radius 1 is 1.09 bits per heavy atom. The van der Waals surface area contributed by atoms with Crippen molar-refractivity contribution in [2.45, 2.75) is 0 Å². The molecule has 0 spiro atoms. The van der Waals surface area contributed by atoms with Crippen LogP contribution in [0.2, 0.25) is 0 Å². The van der Waals surface area contributed by atoms with E-state index < -0.39 is 0 Å². The molecule has 1 N–H and O–H groups in total. The molecule has 3 aromatic rings. The summed E-state index contributed by atoms with van der Waals surface area (Å²) in [6.07, 6.45) is 3.68. The molecule has 1 fully saturated rings. The Labute approximate surface area is 127 Å². The third-order valence-electron chi connectivity index (χ3n) is 3.68. The van der Waals surface area contributed by atoms with Crippen LogP contribution < -0.4 is 4.90 Å². The van der Waals surface area contributed by atoms with Crippen LogP contribution in [0.1, 0.15) is 0 Å². The Bertz CT molecular complexity index is 728. The fourth-order valence-electron chi connectivity index (χ4n) is 2.48. The maximum absolute atomic E-state index is 5.35. The number of morpholine rings is 1. The lowest BCUT2D eigenvalue weighted by Gasteiger charge is -2.25. The predicted molar refractivity (Wildman–Crippen MR) is 82.0 cm³/mol. The van der Waals surface area contributed by atoms with Gasteiger partial charge in [0.2, 0.25) is 5.95 Å². The molecule has 1 aliphatic heterocycles. The summed E-state index contributed by atoms with van der Waals surface area (Å²) in [5.74, 6) is 1.50. The normalized spacial score (nSPS) is 15.2. The van der Waals surface area contributed by atoms with Crippen molar-refractivity contribution < 1.29 is 4.74 Å². The molecule has 0 radical (unpaired) electrons. The van der Waals surface area contributed by atoms with Gasteiger partial charge in [-0.25, -0.2) is 4.68 Å². The Balaban J connectivity index is 1.55. The number of rotatable bonds is 3. The first kappa shape index (κ1) is 13.0. The minimum atomic E-state index is 0.725. The molecule has 0 amide bonds. The highest BCUT2D eigenvalue weighted by molar-refractivity contribution is 5.58. The lowest BCUT2D eigenvalue weighted by Crippen LogP contribution is -2.36. The molecule has 1 saturated heterocycles. The second-order valence-electron chi connectivity index (χ2n) is 5.08. The molecule has 3 heterocycles. The quantitative estimate of drug-likeness (QED) is 0.793. The van der Waals surface area contributed by atoms with Gasteiger partial charge in [-0.3, -0.25) is 5.10 Å². The molecule has 112 valence electrons. The van der Waals surface area contributed by atoms with E-state index in [0.717, 1.165) is 49.3 Å². The monoisotopic (exact) mass is 296 g/mol. The Kier molecular flexibility index (Phi) is 3.32. The molecule has 4 rings (SSSR count). The summed E-state index contributed by atoms with van der Waals surface area (Å²) in [6, 6.07) is 9.96. The van der Waals surface area contributed by atoms with Crippen molar-refractivity contribution in [1.29, 1.82) is 0 Å². The molecular formula is C15H16N6O. The minimum Gasteiger partial charge on any atom is -0.378 e. The number of H-pyrrole nitrogens is 1. The first-order valence-electron chi connectivity index (χ1n) is 7.26. The van der Waals surface area contributed by atoms with Crippen molar-refractivity contribution in [3.63, 3.8) is 0 Å². The second-order valence-corrected chi connectivity index (χ2v) is 5.08. The third kappa shape index (κ3) is 2.46. The summed E-state index contributed by atoms with van der Waals surface area (Å²) in [7, 11) is 0. The number of anilines is 1. The smallest absolute Gasteiger partial charge is 0.245 e. The number of aromatic amines is 1. The molecule has 0 unspecified atom stereocenters. The summed E-state index contributed by atoms with van der Waals surface area (Å²) < 4.78 is 7.17. The number of ether oxygens (including phenoxy) is 1. The average molecular weight is 296 g/mol. The van der Waals surface area contributed by atoms with E-state index in [2.05, 4.69) is 25.2 Å². The largest absolute Gasteiger partial charge is 0.378 e. The van der Waals surface area contributed by atoms with E-state index in [1.54, 1.807) is 6.20 Å². The van der Waals surface area contributed by atoms with Crippen LogP contribution in [0.4, 0.5) is 5.95 Å². The van der Waals surface area contributed by atoms with Gasteiger partial charge in [0.05, 0.1) is 18.9 Å². The van der Waals surface area contributed by atoms with E-state index >= 15 is 0 Å². The van der Waals surface area contributed by atoms with Gasteiger partial charge < -0.3 is 9.64 Å². The maximum atomic E-state index is 5.35. The van der Waals surface area contributed by atoms with Gasteiger partial charge in [-0.15, -0.1) is 5.10 Å². The van der Waals surface area contributed by atoms with Crippen LogP contribution in [0.3, 0.4) is 0 Å². The van der Waals surface area contributed by atoms with Crippen LogP contribution in [-0.4, -0.2) is 51.3 Å². The zero-order valence-electron chi connectivity index (χ0n) is 12.0. The van der Waals surface area contributed by atoms with Crippen LogP contribution in [0.25, 0.3) is 17.1 Å². The SMILES string of the molecule is c1cnn(-c2ccc(-c3nc(N4CCOCC4)n[nH]3)cc2)c1. The van der Waals surface area contributed by atoms with Gasteiger partial charge in [-0.05, 0) is 30.3 Å². The number of hydrogen-bond donors (Lipinski definition) is 1. The number of nitrogens with zero attached hydrogens (tertiary/aromatic N) is 5. The van der Waals surface area contributed by atoms with Gasteiger partial charge >= 0.3 is 0 Å². The predicted octanol–water partition coefficient (Wildman–Crippen LogP) is 1.49. The molecule has 2 aromatic heterocycles. The molecule has 7 nitrogen and oxygen atoms in total. The van der Waals surface area contributed by atoms with E-state index in [-0.39, 0.29) is 0 Å². The van der Waals surface area contributed by atoms with Crippen LogP contribution in [0.15, 0.2) is 42.7 Å². The number of benzene rings is 1. The second kappa shape index (κ2) is 5.61. The van der Waals surface area contributed by atoms with Gasteiger partial charge in [0.15, 0.2) is 5.82 Å². The topological polar surface area (TPSA) is 71.9 Å². The lowest BCUT2D eigenvalue weighted by atomic mass is 10.2. The van der Waals surface area contributed by atoms with Gasteiger partial charge in [0, 0.05) is 31.0 Å². The highest BCUT2D eigenvalue weighted by Gasteiger charge is 2.16. The Hall–Kier alpha value is -2.67. The van der Waals surface area contributed by atoms with Crippen molar-refractivity contribution >= 4 is 5.95 Å². The summed E-state index contributed by atoms with van der Waals surface area (Å²) in [6.45, 7) is 3.11. The minimum absolute atomic E-state index is 0.725. The molecule has 0 saturated carbocycles. The van der Waals surface area contributed by atoms with Crippen LogP contribution >= 0.6 is 0 Å². The molecule has 0 aliphatic carbocycles. The zero-order chi connectivity index (χ0) is 14.8. The van der Waals surface area contributed by atoms with Crippen LogP contribution in [0.5, 0.6) is 0 Å². The van der Waals surface area contributed by atoms with Gasteiger partial charge in [0.1, 0.15) is 0 Å². The molecule has 7 heteroatoms. The summed E-state index contributed by atoms with van der Waals surface area (Å²) >= 11 is 0. The molecule has 1 aliphatic rings. The van der Waals surface area contributed by atoms with Crippen LogP contribution in [0, 0.1) is 0 Å². The molecule has 1 aromatic carbocycles. The van der Waals surface area contributed by atoms with Gasteiger partial charge in [0.25, 0.3) is 0 Å². The van der Waals surface area contributed by atoms with E-state index in [9.17, 15) is 0 Å². The standard InChI is InChI=1S/C15H16N6O/c1-6-16-21(7-1)13-4-2-12(3-5-13)14-17-15(19-18-14)20-8-10-22-11-9-20/h1-7H,8-11H2,(H,17,18,19). The van der Waals surface area contributed by atoms with Gasteiger partial charge in [-0.1, -0.05) is 0 Å². The van der Waals surface area contributed by atoms with Gasteiger partial charge in [-0.2, -0.15) is 10.1 Å². The van der Waals surface area contributed by atoms with E-state index in [1.807, 2.05) is 41.2 Å². The third-order valence-corrected chi connectivity index (χ3v) is 3.68. The van der Waals surface area contributed by atoms with Crippen molar-refractivity contribution in [2.75, 3.05) is 31.2 Å². The van der Waals surface area contributed by atoms with Crippen molar-refractivity contribution in [1.82, 2.24) is 25.0 Å². The maximum Gasteiger partial charge on any atom is 0.245 e. The summed E-state index contributed by atoms with van der Waals surface area (Å²) in [5, 5.41) is 11.5. The first-order valence-corrected chi connectivity index (χ1v) is 7.26. The molecule has 0 atom stereocenters. The summed E-state index contributed by atoms with van der Waals surface area (Å²) in [5.41, 5.74) is 2.02. The Morgan fingerprint density at radius 2 is 1.91 bits per heavy atom. The zero-order valence-corrected chi connectivity index (χ0v) is 12.0. The van der Waals surface area contributed by atoms with Crippen LogP contribution in [-0.2, 0) is 4.74 Å².